The summed E-state index contributed by atoms with van der Waals surface area (Å²) in [5, 5.41) is 19.0. The van der Waals surface area contributed by atoms with Crippen molar-refractivity contribution in [2.24, 2.45) is 10.2 Å². The van der Waals surface area contributed by atoms with Crippen molar-refractivity contribution < 1.29 is 24.2 Å². The number of amides is 1. The number of halogens is 1. The number of carbonyl (C=O) groups is 3. The van der Waals surface area contributed by atoms with Crippen LogP contribution < -0.4 is 10.1 Å². The SMILES string of the molecule is O=C(O)C[C@@H]1S/C(=N\N=C/c2ccccc2OC(=O)c2ccc(Cl)cc2)NC1=O. The minimum atomic E-state index is -1.07. The highest BCUT2D eigenvalue weighted by molar-refractivity contribution is 8.15. The third-order valence-electron chi connectivity index (χ3n) is 3.68. The van der Waals surface area contributed by atoms with E-state index in [2.05, 4.69) is 15.5 Å². The van der Waals surface area contributed by atoms with Crippen LogP contribution in [0.3, 0.4) is 0 Å². The number of amidine groups is 1. The molecule has 29 heavy (non-hydrogen) atoms. The number of para-hydroxylation sites is 1. The predicted molar refractivity (Wildman–Crippen MR) is 110 cm³/mol. The molecule has 0 unspecified atom stereocenters. The van der Waals surface area contributed by atoms with Crippen molar-refractivity contribution in [1.29, 1.82) is 0 Å². The Bertz CT molecular complexity index is 1010. The molecule has 0 aliphatic carbocycles. The van der Waals surface area contributed by atoms with E-state index in [9.17, 15) is 14.4 Å². The van der Waals surface area contributed by atoms with Crippen molar-refractivity contribution in [3.8, 4) is 5.75 Å². The zero-order valence-electron chi connectivity index (χ0n) is 14.7. The number of hydrogen-bond donors (Lipinski definition) is 2. The van der Waals surface area contributed by atoms with Gasteiger partial charge in [0.2, 0.25) is 5.91 Å². The molecular formula is C19H14ClN3O5S. The summed E-state index contributed by atoms with van der Waals surface area (Å²) in [6.07, 6.45) is 1.07. The number of benzene rings is 2. The monoisotopic (exact) mass is 431 g/mol. The largest absolute Gasteiger partial charge is 0.481 e. The Kier molecular flexibility index (Phi) is 6.63. The van der Waals surface area contributed by atoms with Gasteiger partial charge in [0.15, 0.2) is 5.17 Å². The van der Waals surface area contributed by atoms with Gasteiger partial charge in [-0.25, -0.2) is 4.79 Å². The number of ether oxygens (including phenoxy) is 1. The number of hydrogen-bond acceptors (Lipinski definition) is 7. The molecule has 2 N–H and O–H groups in total. The van der Waals surface area contributed by atoms with Gasteiger partial charge in [0.25, 0.3) is 0 Å². The molecule has 10 heteroatoms. The first-order valence-corrected chi connectivity index (χ1v) is 9.55. The normalized spacial score (nSPS) is 17.5. The molecule has 1 aliphatic heterocycles. The molecule has 1 heterocycles. The lowest BCUT2D eigenvalue weighted by molar-refractivity contribution is -0.138. The van der Waals surface area contributed by atoms with Crippen molar-refractivity contribution >= 4 is 52.6 Å². The maximum absolute atomic E-state index is 12.3. The smallest absolute Gasteiger partial charge is 0.343 e. The standard InChI is InChI=1S/C19H14ClN3O5S/c20-13-7-5-11(6-8-13)18(27)28-14-4-2-1-3-12(14)10-21-23-19-22-17(26)15(29-19)9-16(24)25/h1-8,10,15H,9H2,(H,24,25)(H,22,23,26)/b21-10-/t15-/m0/s1. The number of esters is 1. The van der Waals surface area contributed by atoms with E-state index in [0.29, 0.717) is 16.1 Å². The Hall–Kier alpha value is -3.17. The van der Waals surface area contributed by atoms with Crippen LogP contribution >= 0.6 is 23.4 Å². The summed E-state index contributed by atoms with van der Waals surface area (Å²) in [7, 11) is 0. The zero-order chi connectivity index (χ0) is 20.8. The van der Waals surface area contributed by atoms with Crippen LogP contribution in [-0.2, 0) is 9.59 Å². The maximum Gasteiger partial charge on any atom is 0.343 e. The van der Waals surface area contributed by atoms with Crippen molar-refractivity contribution in [2.75, 3.05) is 0 Å². The van der Waals surface area contributed by atoms with Crippen LogP contribution in [0.2, 0.25) is 5.02 Å². The van der Waals surface area contributed by atoms with Crippen LogP contribution in [0, 0.1) is 0 Å². The van der Waals surface area contributed by atoms with Crippen molar-refractivity contribution in [3.05, 3.63) is 64.7 Å². The molecule has 1 amide bonds. The molecule has 1 saturated heterocycles. The minimum absolute atomic E-state index is 0.202. The second-order valence-electron chi connectivity index (χ2n) is 5.78. The Morgan fingerprint density at radius 1 is 1.21 bits per heavy atom. The van der Waals surface area contributed by atoms with Crippen LogP contribution in [0.15, 0.2) is 58.7 Å². The summed E-state index contributed by atoms with van der Waals surface area (Å²) < 4.78 is 5.41. The van der Waals surface area contributed by atoms with Gasteiger partial charge in [-0.15, -0.1) is 5.10 Å². The molecule has 148 valence electrons. The predicted octanol–water partition coefficient (Wildman–Crippen LogP) is 2.96. The molecule has 8 nitrogen and oxygen atoms in total. The molecule has 2 aromatic carbocycles. The first kappa shape index (κ1) is 20.6. The van der Waals surface area contributed by atoms with E-state index in [1.807, 2.05) is 0 Å². The third kappa shape index (κ3) is 5.66. The number of rotatable bonds is 6. The van der Waals surface area contributed by atoms with Gasteiger partial charge in [-0.3, -0.25) is 9.59 Å². The van der Waals surface area contributed by atoms with Gasteiger partial charge in [0, 0.05) is 10.6 Å². The van der Waals surface area contributed by atoms with Crippen molar-refractivity contribution in [1.82, 2.24) is 5.32 Å². The van der Waals surface area contributed by atoms with E-state index in [4.69, 9.17) is 21.4 Å². The van der Waals surface area contributed by atoms with Crippen LogP contribution in [0.25, 0.3) is 0 Å². The summed E-state index contributed by atoms with van der Waals surface area (Å²) >= 11 is 6.81. The van der Waals surface area contributed by atoms with Crippen LogP contribution in [0.1, 0.15) is 22.3 Å². The lowest BCUT2D eigenvalue weighted by atomic mass is 10.2. The number of carboxylic acid groups (broad SMARTS) is 1. The molecule has 1 aliphatic rings. The van der Waals surface area contributed by atoms with Crippen LogP contribution in [0.4, 0.5) is 0 Å². The van der Waals surface area contributed by atoms with Gasteiger partial charge >= 0.3 is 11.9 Å². The number of carbonyl (C=O) groups excluding carboxylic acids is 2. The topological polar surface area (TPSA) is 117 Å². The van der Waals surface area contributed by atoms with Gasteiger partial charge in [-0.1, -0.05) is 35.5 Å². The molecule has 0 aromatic heterocycles. The second-order valence-corrected chi connectivity index (χ2v) is 7.41. The average Bonchev–Trinajstić information content (AvgIpc) is 3.02. The Balaban J connectivity index is 1.69. The highest BCUT2D eigenvalue weighted by Gasteiger charge is 2.32. The summed E-state index contributed by atoms with van der Waals surface area (Å²) in [5.41, 5.74) is 0.839. The molecule has 0 bridgehead atoms. The van der Waals surface area contributed by atoms with Crippen molar-refractivity contribution in [2.45, 2.75) is 11.7 Å². The molecule has 0 saturated carbocycles. The Morgan fingerprint density at radius 3 is 2.66 bits per heavy atom. The number of thioether (sulfide) groups is 1. The Labute approximate surface area is 174 Å². The van der Waals surface area contributed by atoms with Gasteiger partial charge < -0.3 is 15.2 Å². The second kappa shape index (κ2) is 9.35. The Morgan fingerprint density at radius 2 is 1.93 bits per heavy atom. The van der Waals surface area contributed by atoms with Crippen LogP contribution in [-0.4, -0.2) is 39.6 Å². The highest BCUT2D eigenvalue weighted by atomic mass is 35.5. The van der Waals surface area contributed by atoms with E-state index < -0.39 is 23.1 Å². The van der Waals surface area contributed by atoms with E-state index in [0.717, 1.165) is 11.8 Å². The van der Waals surface area contributed by atoms with Gasteiger partial charge in [-0.05, 0) is 36.4 Å². The fourth-order valence-corrected chi connectivity index (χ4v) is 3.35. The van der Waals surface area contributed by atoms with E-state index in [-0.39, 0.29) is 17.3 Å². The van der Waals surface area contributed by atoms with E-state index >= 15 is 0 Å². The summed E-state index contributed by atoms with van der Waals surface area (Å²) in [4.78, 5) is 34.7. The van der Waals surface area contributed by atoms with Gasteiger partial charge in [-0.2, -0.15) is 5.10 Å². The lowest BCUT2D eigenvalue weighted by Crippen LogP contribution is -2.26. The zero-order valence-corrected chi connectivity index (χ0v) is 16.3. The number of carboxylic acids is 1. The minimum Gasteiger partial charge on any atom is -0.481 e. The molecule has 0 spiro atoms. The average molecular weight is 432 g/mol. The molecule has 0 radical (unpaired) electrons. The van der Waals surface area contributed by atoms with Crippen molar-refractivity contribution in [3.63, 3.8) is 0 Å². The first-order chi connectivity index (χ1) is 13.9. The fourth-order valence-electron chi connectivity index (χ4n) is 2.31. The van der Waals surface area contributed by atoms with E-state index in [1.165, 1.54) is 6.21 Å². The summed E-state index contributed by atoms with van der Waals surface area (Å²) in [6, 6.07) is 13.0. The summed E-state index contributed by atoms with van der Waals surface area (Å²) in [6.45, 7) is 0. The molecule has 1 atom stereocenters. The number of nitrogens with zero attached hydrogens (tertiary/aromatic N) is 2. The molecular weight excluding hydrogens is 418 g/mol. The lowest BCUT2D eigenvalue weighted by Gasteiger charge is -2.07. The molecule has 3 rings (SSSR count). The number of aliphatic carboxylic acids is 1. The fraction of sp³-hybridized carbons (Fsp3) is 0.105. The highest BCUT2D eigenvalue weighted by Crippen LogP contribution is 2.23. The first-order valence-electron chi connectivity index (χ1n) is 8.29. The molecule has 1 fully saturated rings. The summed E-state index contributed by atoms with van der Waals surface area (Å²) in [5.74, 6) is -1.77. The third-order valence-corrected chi connectivity index (χ3v) is 5.01. The van der Waals surface area contributed by atoms with E-state index in [1.54, 1.807) is 48.5 Å². The quantitative estimate of drug-likeness (QED) is 0.314. The number of nitrogens with one attached hydrogen (secondary N) is 1. The van der Waals surface area contributed by atoms with Gasteiger partial charge in [0.1, 0.15) is 11.0 Å². The van der Waals surface area contributed by atoms with Gasteiger partial charge in [0.05, 0.1) is 18.2 Å². The maximum atomic E-state index is 12.3. The molecule has 2 aromatic rings. The van der Waals surface area contributed by atoms with Crippen LogP contribution in [0.5, 0.6) is 5.75 Å².